The summed E-state index contributed by atoms with van der Waals surface area (Å²) in [6.45, 7) is 6.37. The van der Waals surface area contributed by atoms with Crippen molar-refractivity contribution in [2.24, 2.45) is 11.8 Å². The zero-order valence-electron chi connectivity index (χ0n) is 19.7. The van der Waals surface area contributed by atoms with Crippen molar-refractivity contribution in [3.8, 4) is 5.75 Å². The quantitative estimate of drug-likeness (QED) is 0.361. The van der Waals surface area contributed by atoms with Gasteiger partial charge in [-0.3, -0.25) is 9.59 Å². The van der Waals surface area contributed by atoms with Gasteiger partial charge in [-0.2, -0.15) is 0 Å². The molecule has 3 atom stereocenters. The number of hydrogen-bond donors (Lipinski definition) is 1. The molecule has 0 saturated heterocycles. The highest BCUT2D eigenvalue weighted by molar-refractivity contribution is 6.12. The number of rotatable bonds is 8. The molecule has 1 N–H and O–H groups in total. The summed E-state index contributed by atoms with van der Waals surface area (Å²) in [4.78, 5) is 39.4. The average Bonchev–Trinajstić information content (AvgIpc) is 2.80. The second-order valence-electron chi connectivity index (χ2n) is 8.11. The van der Waals surface area contributed by atoms with Crippen molar-refractivity contribution >= 4 is 17.7 Å². The van der Waals surface area contributed by atoms with E-state index in [0.717, 1.165) is 0 Å². The van der Waals surface area contributed by atoms with Crippen LogP contribution < -0.4 is 10.1 Å². The Balaban J connectivity index is 2.12. The normalized spacial score (nSPS) is 22.5. The fraction of sp³-hybridized carbons (Fsp3) is 0.480. The molecule has 3 rings (SSSR count). The minimum atomic E-state index is -0.943. The predicted octanol–water partition coefficient (Wildman–Crippen LogP) is 2.89. The van der Waals surface area contributed by atoms with E-state index in [1.807, 2.05) is 32.0 Å². The Bertz CT molecular complexity index is 994. The molecule has 0 saturated carbocycles. The highest BCUT2D eigenvalue weighted by Crippen LogP contribution is 2.47. The van der Waals surface area contributed by atoms with Crippen molar-refractivity contribution < 1.29 is 33.3 Å². The lowest BCUT2D eigenvalue weighted by atomic mass is 9.69. The smallest absolute Gasteiger partial charge is 0.336 e. The first kappa shape index (κ1) is 24.5. The van der Waals surface area contributed by atoms with Crippen LogP contribution in [-0.2, 0) is 28.6 Å². The number of carbonyl (C=O) groups excluding carboxylic acids is 3. The molecule has 0 aromatic heterocycles. The summed E-state index contributed by atoms with van der Waals surface area (Å²) in [6, 6.07) is 7.23. The molecule has 1 aromatic rings. The molecule has 0 spiro atoms. The van der Waals surface area contributed by atoms with Crippen molar-refractivity contribution in [3.05, 3.63) is 52.4 Å². The first-order valence-corrected chi connectivity index (χ1v) is 11.1. The van der Waals surface area contributed by atoms with Gasteiger partial charge in [-0.15, -0.1) is 0 Å². The second kappa shape index (κ2) is 10.7. The third-order valence-corrected chi connectivity index (χ3v) is 6.08. The molecule has 0 amide bonds. The van der Waals surface area contributed by atoms with Crippen LogP contribution in [0.3, 0.4) is 0 Å². The third-order valence-electron chi connectivity index (χ3n) is 6.08. The van der Waals surface area contributed by atoms with Crippen LogP contribution in [0.15, 0.2) is 46.8 Å². The van der Waals surface area contributed by atoms with Gasteiger partial charge in [-0.1, -0.05) is 25.1 Å². The Kier molecular flexibility index (Phi) is 7.92. The molecule has 178 valence electrons. The maximum absolute atomic E-state index is 13.7. The lowest BCUT2D eigenvalue weighted by Crippen LogP contribution is -2.43. The highest BCUT2D eigenvalue weighted by atomic mass is 16.6. The van der Waals surface area contributed by atoms with Crippen LogP contribution in [-0.4, -0.2) is 51.8 Å². The minimum absolute atomic E-state index is 0.0871. The fourth-order valence-corrected chi connectivity index (χ4v) is 4.58. The number of benzene rings is 1. The topological polar surface area (TPSA) is 100 Å². The van der Waals surface area contributed by atoms with Gasteiger partial charge in [0, 0.05) is 29.1 Å². The van der Waals surface area contributed by atoms with E-state index in [9.17, 15) is 14.4 Å². The number of methoxy groups -OCH3 is 2. The molecule has 8 nitrogen and oxygen atoms in total. The van der Waals surface area contributed by atoms with Crippen LogP contribution in [0.2, 0.25) is 0 Å². The van der Waals surface area contributed by atoms with Gasteiger partial charge in [0.1, 0.15) is 18.3 Å². The van der Waals surface area contributed by atoms with E-state index in [1.54, 1.807) is 13.0 Å². The molecule has 8 heteroatoms. The van der Waals surface area contributed by atoms with Crippen molar-refractivity contribution in [1.82, 2.24) is 5.32 Å². The van der Waals surface area contributed by atoms with Crippen LogP contribution in [0.25, 0.3) is 0 Å². The molecule has 0 unspecified atom stereocenters. The fourth-order valence-electron chi connectivity index (χ4n) is 4.58. The molecule has 1 aliphatic carbocycles. The first-order chi connectivity index (χ1) is 15.8. The zero-order valence-corrected chi connectivity index (χ0v) is 19.7. The molecule has 1 aliphatic heterocycles. The Hall–Kier alpha value is -3.13. The molecule has 0 bridgehead atoms. The number of dihydropyridines is 1. The third kappa shape index (κ3) is 4.80. The lowest BCUT2D eigenvalue weighted by Gasteiger charge is -2.38. The Morgan fingerprint density at radius 2 is 1.88 bits per heavy atom. The summed E-state index contributed by atoms with van der Waals surface area (Å²) >= 11 is 0. The van der Waals surface area contributed by atoms with E-state index in [2.05, 4.69) is 5.32 Å². The lowest BCUT2D eigenvalue weighted by molar-refractivity contribution is -0.151. The summed E-state index contributed by atoms with van der Waals surface area (Å²) in [5, 5.41) is 3.24. The number of allylic oxidation sites excluding steroid dienone is 3. The Morgan fingerprint density at radius 3 is 2.55 bits per heavy atom. The Labute approximate surface area is 193 Å². The Morgan fingerprint density at radius 1 is 1.15 bits per heavy atom. The summed E-state index contributed by atoms with van der Waals surface area (Å²) in [5.74, 6) is -2.89. The largest absolute Gasteiger partial charge is 0.496 e. The van der Waals surface area contributed by atoms with Gasteiger partial charge in [-0.05, 0) is 32.3 Å². The van der Waals surface area contributed by atoms with Gasteiger partial charge < -0.3 is 24.3 Å². The maximum atomic E-state index is 13.7. The van der Waals surface area contributed by atoms with Gasteiger partial charge in [0.05, 0.1) is 32.3 Å². The van der Waals surface area contributed by atoms with Crippen molar-refractivity contribution in [2.45, 2.75) is 33.1 Å². The van der Waals surface area contributed by atoms with E-state index in [-0.39, 0.29) is 24.9 Å². The minimum Gasteiger partial charge on any atom is -0.496 e. The molecule has 2 aliphatic rings. The number of ketones is 1. The second-order valence-corrected chi connectivity index (χ2v) is 8.11. The van der Waals surface area contributed by atoms with Crippen molar-refractivity contribution in [2.75, 3.05) is 34.0 Å². The van der Waals surface area contributed by atoms with E-state index >= 15 is 0 Å². The van der Waals surface area contributed by atoms with Crippen LogP contribution in [0.1, 0.15) is 38.7 Å². The van der Waals surface area contributed by atoms with Gasteiger partial charge >= 0.3 is 11.9 Å². The maximum Gasteiger partial charge on any atom is 0.336 e. The van der Waals surface area contributed by atoms with Crippen LogP contribution in [0, 0.1) is 11.8 Å². The molecule has 1 aromatic carbocycles. The number of Topliss-reactive ketones (excluding diaryl/α,β-unsaturated/α-hetero) is 1. The number of nitrogens with one attached hydrogen (secondary N) is 1. The molecule has 0 fully saturated rings. The number of carbonyl (C=O) groups is 3. The van der Waals surface area contributed by atoms with Crippen LogP contribution in [0.4, 0.5) is 0 Å². The van der Waals surface area contributed by atoms with Gasteiger partial charge in [0.15, 0.2) is 5.78 Å². The highest BCUT2D eigenvalue weighted by Gasteiger charge is 2.47. The molecule has 0 radical (unpaired) electrons. The van der Waals surface area contributed by atoms with Crippen LogP contribution in [0.5, 0.6) is 5.75 Å². The van der Waals surface area contributed by atoms with Crippen LogP contribution >= 0.6 is 0 Å². The summed E-state index contributed by atoms with van der Waals surface area (Å²) in [5.41, 5.74) is 2.63. The molecular weight excluding hydrogens is 426 g/mol. The van der Waals surface area contributed by atoms with E-state index < -0.39 is 23.8 Å². The summed E-state index contributed by atoms with van der Waals surface area (Å²) in [6.07, 6.45) is 0.469. The summed E-state index contributed by atoms with van der Waals surface area (Å²) in [7, 11) is 2.81. The number of hydrogen-bond acceptors (Lipinski definition) is 8. The molecule has 1 heterocycles. The van der Waals surface area contributed by atoms with Gasteiger partial charge in [-0.25, -0.2) is 4.79 Å². The number of esters is 2. The van der Waals surface area contributed by atoms with E-state index in [1.165, 1.54) is 14.2 Å². The van der Waals surface area contributed by atoms with Crippen molar-refractivity contribution in [3.63, 3.8) is 0 Å². The standard InChI is InChI=1S/C25H31NO7/c1-6-32-11-12-33-25(29)20-15(3)26-17-13-14(2)19(24(28)31-5)23(27)22(17)21(20)16-9-7-8-10-18(16)30-4/h7-10,14,19,21,26H,6,11-13H2,1-5H3/t14-,19+,21+/m1/s1. The van der Waals surface area contributed by atoms with Crippen molar-refractivity contribution in [1.29, 1.82) is 0 Å². The van der Waals surface area contributed by atoms with E-state index in [0.29, 0.717) is 46.9 Å². The predicted molar refractivity (Wildman–Crippen MR) is 120 cm³/mol. The SMILES string of the molecule is CCOCCOC(=O)C1=C(C)NC2=C(C(=O)[C@@H](C(=O)OC)[C@H](C)C2)[C@H]1c1ccccc1OC. The number of para-hydroxylation sites is 1. The number of ether oxygens (including phenoxy) is 4. The molecule has 33 heavy (non-hydrogen) atoms. The van der Waals surface area contributed by atoms with Gasteiger partial charge in [0.25, 0.3) is 0 Å². The zero-order chi connectivity index (χ0) is 24.1. The first-order valence-electron chi connectivity index (χ1n) is 11.1. The van der Waals surface area contributed by atoms with Gasteiger partial charge in [0.2, 0.25) is 0 Å². The average molecular weight is 458 g/mol. The molecular formula is C25H31NO7. The van der Waals surface area contributed by atoms with E-state index in [4.69, 9.17) is 18.9 Å². The monoisotopic (exact) mass is 457 g/mol. The summed E-state index contributed by atoms with van der Waals surface area (Å²) < 4.78 is 21.2.